The molecule has 0 bridgehead atoms. The van der Waals surface area contributed by atoms with Crippen molar-refractivity contribution in [2.75, 3.05) is 13.1 Å². The Morgan fingerprint density at radius 3 is 2.56 bits per heavy atom. The minimum absolute atomic E-state index is 0.293. The first kappa shape index (κ1) is 20.9. The molecule has 2 rings (SSSR count). The average Bonchev–Trinajstić information content (AvgIpc) is 2.84. The number of amides is 4. The quantitative estimate of drug-likeness (QED) is 0.486. The summed E-state index contributed by atoms with van der Waals surface area (Å²) in [6.45, 7) is 3.88. The molecule has 0 radical (unpaired) electrons. The van der Waals surface area contributed by atoms with Crippen molar-refractivity contribution in [2.45, 2.75) is 57.9 Å². The normalized spacial score (nSPS) is 19.3. The van der Waals surface area contributed by atoms with Crippen LogP contribution in [0.2, 0.25) is 0 Å². The van der Waals surface area contributed by atoms with Gasteiger partial charge in [-0.15, -0.1) is 0 Å². The molecule has 0 aromatic heterocycles. The van der Waals surface area contributed by atoms with E-state index in [0.717, 1.165) is 36.1 Å². The van der Waals surface area contributed by atoms with Crippen LogP contribution in [0.15, 0.2) is 24.3 Å². The zero-order chi connectivity index (χ0) is 19.9. The number of rotatable bonds is 10. The van der Waals surface area contributed by atoms with Crippen molar-refractivity contribution in [1.82, 2.24) is 15.5 Å². The molecule has 0 saturated carbocycles. The van der Waals surface area contributed by atoms with Gasteiger partial charge in [0.1, 0.15) is 17.9 Å². The van der Waals surface area contributed by atoms with Crippen LogP contribution in [0.25, 0.3) is 0 Å². The molecule has 7 heteroatoms. The van der Waals surface area contributed by atoms with E-state index in [2.05, 4.69) is 17.6 Å². The van der Waals surface area contributed by atoms with Crippen molar-refractivity contribution in [3.05, 3.63) is 35.6 Å². The Morgan fingerprint density at radius 2 is 1.89 bits per heavy atom. The molecule has 1 aliphatic rings. The first-order valence-corrected chi connectivity index (χ1v) is 9.51. The fourth-order valence-electron chi connectivity index (χ4n) is 3.16. The molecular weight excluding hydrogens is 349 g/mol. The van der Waals surface area contributed by atoms with E-state index in [1.165, 1.54) is 12.1 Å². The van der Waals surface area contributed by atoms with E-state index in [4.69, 9.17) is 0 Å². The first-order chi connectivity index (χ1) is 12.9. The summed E-state index contributed by atoms with van der Waals surface area (Å²) in [5, 5.41) is 5.42. The molecule has 1 aliphatic heterocycles. The zero-order valence-electron chi connectivity index (χ0n) is 16.0. The highest BCUT2D eigenvalue weighted by Crippen LogP contribution is 2.23. The van der Waals surface area contributed by atoms with E-state index >= 15 is 0 Å². The van der Waals surface area contributed by atoms with Gasteiger partial charge < -0.3 is 10.6 Å². The zero-order valence-corrected chi connectivity index (χ0v) is 16.0. The predicted molar refractivity (Wildman–Crippen MR) is 101 cm³/mol. The van der Waals surface area contributed by atoms with Crippen molar-refractivity contribution in [2.24, 2.45) is 0 Å². The third kappa shape index (κ3) is 5.77. The molecular formula is C20H28FN3O3. The summed E-state index contributed by atoms with van der Waals surface area (Å²) in [6.07, 6.45) is 5.17. The van der Waals surface area contributed by atoms with Crippen LogP contribution in [-0.2, 0) is 16.0 Å². The largest absolute Gasteiger partial charge is 0.354 e. The minimum atomic E-state index is -0.931. The standard InChI is InChI=1S/C20H28FN3O3/c1-3-4-5-6-12-20(2)18(26)24(19(27)23-20)14-17(25)22-13-11-15-7-9-16(21)10-8-15/h7-10H,3-6,11-14H2,1-2H3,(H,22,25)(H,23,27). The summed E-state index contributed by atoms with van der Waals surface area (Å²) >= 11 is 0. The summed E-state index contributed by atoms with van der Waals surface area (Å²) in [5.74, 6) is -1.05. The van der Waals surface area contributed by atoms with Gasteiger partial charge in [-0.1, -0.05) is 44.7 Å². The van der Waals surface area contributed by atoms with Crippen LogP contribution in [0.1, 0.15) is 51.5 Å². The number of hydrogen-bond donors (Lipinski definition) is 2. The summed E-state index contributed by atoms with van der Waals surface area (Å²) in [6, 6.07) is 5.52. The SMILES string of the molecule is CCCCCCC1(C)NC(=O)N(CC(=O)NCCc2ccc(F)cc2)C1=O. The summed E-state index contributed by atoms with van der Waals surface area (Å²) in [5.41, 5.74) is -0.0366. The molecule has 0 spiro atoms. The molecule has 2 N–H and O–H groups in total. The number of unbranched alkanes of at least 4 members (excludes halogenated alkanes) is 3. The highest BCUT2D eigenvalue weighted by molar-refractivity contribution is 6.08. The van der Waals surface area contributed by atoms with Crippen molar-refractivity contribution < 1.29 is 18.8 Å². The Kier molecular flexibility index (Phi) is 7.33. The number of nitrogens with zero attached hydrogens (tertiary/aromatic N) is 1. The van der Waals surface area contributed by atoms with Gasteiger partial charge >= 0.3 is 6.03 Å². The molecule has 1 aromatic carbocycles. The van der Waals surface area contributed by atoms with Crippen molar-refractivity contribution >= 4 is 17.8 Å². The van der Waals surface area contributed by atoms with Gasteiger partial charge in [0.25, 0.3) is 5.91 Å². The molecule has 0 aliphatic carbocycles. The van der Waals surface area contributed by atoms with E-state index in [9.17, 15) is 18.8 Å². The highest BCUT2D eigenvalue weighted by Gasteiger charge is 2.47. The fraction of sp³-hybridized carbons (Fsp3) is 0.550. The lowest BCUT2D eigenvalue weighted by atomic mass is 9.94. The van der Waals surface area contributed by atoms with Gasteiger partial charge in [0.05, 0.1) is 0 Å². The molecule has 4 amide bonds. The maximum atomic E-state index is 12.9. The van der Waals surface area contributed by atoms with Gasteiger partial charge in [0, 0.05) is 6.54 Å². The van der Waals surface area contributed by atoms with Crippen LogP contribution in [0.5, 0.6) is 0 Å². The third-order valence-corrected chi connectivity index (χ3v) is 4.83. The van der Waals surface area contributed by atoms with Gasteiger partial charge in [-0.2, -0.15) is 0 Å². The summed E-state index contributed by atoms with van der Waals surface area (Å²) in [7, 11) is 0. The number of imide groups is 1. The first-order valence-electron chi connectivity index (χ1n) is 9.51. The second-order valence-electron chi connectivity index (χ2n) is 7.19. The molecule has 1 fully saturated rings. The van der Waals surface area contributed by atoms with Crippen molar-refractivity contribution in [3.63, 3.8) is 0 Å². The molecule has 1 saturated heterocycles. The van der Waals surface area contributed by atoms with E-state index in [0.29, 0.717) is 19.4 Å². The number of carbonyl (C=O) groups excluding carboxylic acids is 3. The second kappa shape index (κ2) is 9.48. The van der Waals surface area contributed by atoms with Crippen molar-refractivity contribution in [1.29, 1.82) is 0 Å². The smallest absolute Gasteiger partial charge is 0.325 e. The number of benzene rings is 1. The monoisotopic (exact) mass is 377 g/mol. The Morgan fingerprint density at radius 1 is 1.19 bits per heavy atom. The molecule has 1 atom stereocenters. The predicted octanol–water partition coefficient (Wildman–Crippen LogP) is 2.77. The number of carbonyl (C=O) groups is 3. The van der Waals surface area contributed by atoms with E-state index in [1.807, 2.05) is 0 Å². The van der Waals surface area contributed by atoms with Gasteiger partial charge in [0.15, 0.2) is 0 Å². The molecule has 6 nitrogen and oxygen atoms in total. The van der Waals surface area contributed by atoms with Crippen molar-refractivity contribution in [3.8, 4) is 0 Å². The van der Waals surface area contributed by atoms with Crippen LogP contribution in [-0.4, -0.2) is 41.4 Å². The minimum Gasteiger partial charge on any atom is -0.354 e. The van der Waals surface area contributed by atoms with Gasteiger partial charge in [-0.25, -0.2) is 9.18 Å². The van der Waals surface area contributed by atoms with Crippen LogP contribution in [0.4, 0.5) is 9.18 Å². The lowest BCUT2D eigenvalue weighted by Gasteiger charge is -2.21. The van der Waals surface area contributed by atoms with Crippen LogP contribution in [0.3, 0.4) is 0 Å². The van der Waals surface area contributed by atoms with Gasteiger partial charge in [-0.3, -0.25) is 14.5 Å². The highest BCUT2D eigenvalue weighted by atomic mass is 19.1. The second-order valence-corrected chi connectivity index (χ2v) is 7.19. The topological polar surface area (TPSA) is 78.5 Å². The van der Waals surface area contributed by atoms with Gasteiger partial charge in [-0.05, 0) is 37.5 Å². The molecule has 1 unspecified atom stereocenters. The summed E-state index contributed by atoms with van der Waals surface area (Å²) < 4.78 is 12.9. The summed E-state index contributed by atoms with van der Waals surface area (Å²) in [4.78, 5) is 37.8. The number of nitrogens with one attached hydrogen (secondary N) is 2. The molecule has 27 heavy (non-hydrogen) atoms. The Hall–Kier alpha value is -2.44. The lowest BCUT2D eigenvalue weighted by Crippen LogP contribution is -2.45. The van der Waals surface area contributed by atoms with E-state index < -0.39 is 17.5 Å². The molecule has 1 heterocycles. The lowest BCUT2D eigenvalue weighted by molar-refractivity contribution is -0.134. The van der Waals surface area contributed by atoms with Gasteiger partial charge in [0.2, 0.25) is 5.91 Å². The molecule has 148 valence electrons. The third-order valence-electron chi connectivity index (χ3n) is 4.83. The maximum Gasteiger partial charge on any atom is 0.325 e. The van der Waals surface area contributed by atoms with E-state index in [1.54, 1.807) is 19.1 Å². The Labute approximate surface area is 159 Å². The van der Waals surface area contributed by atoms with Crippen LogP contribution >= 0.6 is 0 Å². The molecule has 1 aromatic rings. The maximum absolute atomic E-state index is 12.9. The average molecular weight is 377 g/mol. The Bertz CT molecular complexity index is 678. The van der Waals surface area contributed by atoms with Crippen LogP contribution < -0.4 is 10.6 Å². The number of urea groups is 1. The van der Waals surface area contributed by atoms with Crippen LogP contribution in [0, 0.1) is 5.82 Å². The van der Waals surface area contributed by atoms with E-state index in [-0.39, 0.29) is 18.3 Å². The Balaban J connectivity index is 1.79. The fourth-order valence-corrected chi connectivity index (χ4v) is 3.16. The number of halogens is 1. The number of hydrogen-bond acceptors (Lipinski definition) is 3.